The monoisotopic (exact) mass is 298 g/mol. The lowest BCUT2D eigenvalue weighted by Crippen LogP contribution is -2.31. The van der Waals surface area contributed by atoms with Crippen molar-refractivity contribution in [3.05, 3.63) is 70.7 Å². The van der Waals surface area contributed by atoms with E-state index in [1.165, 1.54) is 10.6 Å². The Bertz CT molecular complexity index is 843. The number of pyridine rings is 1. The van der Waals surface area contributed by atoms with Crippen LogP contribution in [0, 0.1) is 0 Å². The summed E-state index contributed by atoms with van der Waals surface area (Å²) >= 11 is 0. The molecule has 0 aliphatic rings. The number of amides is 1. The lowest BCUT2D eigenvalue weighted by atomic mass is 10.2. The SMILES string of the molecule is Cn1cccc(C(=O)NCc2ccc(-c3ccoc3)o2)c1=O. The van der Waals surface area contributed by atoms with Crippen LogP contribution in [0.1, 0.15) is 16.1 Å². The maximum absolute atomic E-state index is 12.0. The first-order valence-corrected chi connectivity index (χ1v) is 6.70. The molecule has 3 rings (SSSR count). The molecule has 0 aliphatic carbocycles. The van der Waals surface area contributed by atoms with Crippen molar-refractivity contribution in [1.29, 1.82) is 0 Å². The average Bonchev–Trinajstić information content (AvgIpc) is 3.18. The van der Waals surface area contributed by atoms with Gasteiger partial charge in [0, 0.05) is 13.2 Å². The Labute approximate surface area is 126 Å². The second kappa shape index (κ2) is 5.77. The number of aromatic nitrogens is 1. The van der Waals surface area contributed by atoms with Gasteiger partial charge in [-0.05, 0) is 30.3 Å². The highest BCUT2D eigenvalue weighted by atomic mass is 16.3. The molecule has 0 bridgehead atoms. The lowest BCUT2D eigenvalue weighted by Gasteiger charge is -2.04. The molecule has 0 saturated heterocycles. The molecule has 0 aliphatic heterocycles. The van der Waals surface area contributed by atoms with E-state index in [1.54, 1.807) is 50.0 Å². The number of nitrogens with zero attached hydrogens (tertiary/aromatic N) is 1. The molecule has 3 heterocycles. The fraction of sp³-hybridized carbons (Fsp3) is 0.125. The van der Waals surface area contributed by atoms with Crippen molar-refractivity contribution in [1.82, 2.24) is 9.88 Å². The molecule has 0 saturated carbocycles. The van der Waals surface area contributed by atoms with E-state index in [1.807, 2.05) is 0 Å². The van der Waals surface area contributed by atoms with Crippen LogP contribution in [-0.4, -0.2) is 10.5 Å². The van der Waals surface area contributed by atoms with Crippen LogP contribution in [-0.2, 0) is 13.6 Å². The summed E-state index contributed by atoms with van der Waals surface area (Å²) in [5.41, 5.74) is 0.597. The highest BCUT2D eigenvalue weighted by Gasteiger charge is 2.12. The van der Waals surface area contributed by atoms with Gasteiger partial charge in [-0.1, -0.05) is 0 Å². The van der Waals surface area contributed by atoms with Crippen LogP contribution in [0.2, 0.25) is 0 Å². The molecule has 0 fully saturated rings. The Morgan fingerprint density at radius 3 is 2.91 bits per heavy atom. The van der Waals surface area contributed by atoms with E-state index in [0.29, 0.717) is 11.5 Å². The van der Waals surface area contributed by atoms with Gasteiger partial charge in [0.25, 0.3) is 11.5 Å². The topological polar surface area (TPSA) is 77.4 Å². The highest BCUT2D eigenvalue weighted by molar-refractivity contribution is 5.93. The van der Waals surface area contributed by atoms with Crippen LogP contribution < -0.4 is 10.9 Å². The lowest BCUT2D eigenvalue weighted by molar-refractivity contribution is 0.0946. The zero-order valence-corrected chi connectivity index (χ0v) is 11.9. The summed E-state index contributed by atoms with van der Waals surface area (Å²) in [5, 5.41) is 2.67. The third-order valence-electron chi connectivity index (χ3n) is 3.26. The summed E-state index contributed by atoms with van der Waals surface area (Å²) in [5.74, 6) is 0.827. The van der Waals surface area contributed by atoms with E-state index < -0.39 is 5.91 Å². The molecular weight excluding hydrogens is 284 g/mol. The van der Waals surface area contributed by atoms with Gasteiger partial charge in [-0.2, -0.15) is 0 Å². The summed E-state index contributed by atoms with van der Waals surface area (Å²) in [7, 11) is 1.60. The summed E-state index contributed by atoms with van der Waals surface area (Å²) < 4.78 is 12.0. The molecule has 3 aromatic heterocycles. The second-order valence-electron chi connectivity index (χ2n) is 4.80. The summed E-state index contributed by atoms with van der Waals surface area (Å²) in [4.78, 5) is 23.9. The number of carbonyl (C=O) groups excluding carboxylic acids is 1. The minimum Gasteiger partial charge on any atom is -0.472 e. The molecule has 0 radical (unpaired) electrons. The van der Waals surface area contributed by atoms with Crippen LogP contribution >= 0.6 is 0 Å². The fourth-order valence-electron chi connectivity index (χ4n) is 2.07. The molecule has 6 heteroatoms. The smallest absolute Gasteiger partial charge is 0.263 e. The van der Waals surface area contributed by atoms with Crippen molar-refractivity contribution in [2.45, 2.75) is 6.54 Å². The number of rotatable bonds is 4. The predicted molar refractivity (Wildman–Crippen MR) is 79.3 cm³/mol. The molecule has 0 atom stereocenters. The number of aryl methyl sites for hydroxylation is 1. The van der Waals surface area contributed by atoms with E-state index >= 15 is 0 Å². The highest BCUT2D eigenvalue weighted by Crippen LogP contribution is 2.22. The van der Waals surface area contributed by atoms with Gasteiger partial charge in [0.1, 0.15) is 23.3 Å². The Hall–Kier alpha value is -3.02. The standard InChI is InChI=1S/C16H14N2O4/c1-18-7-2-3-13(16(18)20)15(19)17-9-12-4-5-14(22-12)11-6-8-21-10-11/h2-8,10H,9H2,1H3,(H,17,19). The Kier molecular flexibility index (Phi) is 3.65. The molecular formula is C16H14N2O4. The molecule has 0 unspecified atom stereocenters. The maximum Gasteiger partial charge on any atom is 0.263 e. The van der Waals surface area contributed by atoms with Gasteiger partial charge >= 0.3 is 0 Å². The van der Waals surface area contributed by atoms with Crippen molar-refractivity contribution in [3.63, 3.8) is 0 Å². The maximum atomic E-state index is 12.0. The van der Waals surface area contributed by atoms with Gasteiger partial charge in [0.05, 0.1) is 18.4 Å². The van der Waals surface area contributed by atoms with Crippen LogP contribution in [0.15, 0.2) is 62.7 Å². The minimum absolute atomic E-state index is 0.103. The van der Waals surface area contributed by atoms with E-state index in [0.717, 1.165) is 5.56 Å². The van der Waals surface area contributed by atoms with Crippen molar-refractivity contribution >= 4 is 5.91 Å². The summed E-state index contributed by atoms with van der Waals surface area (Å²) in [6, 6.07) is 8.51. The van der Waals surface area contributed by atoms with Crippen molar-refractivity contribution in [2.75, 3.05) is 0 Å². The third-order valence-corrected chi connectivity index (χ3v) is 3.26. The quantitative estimate of drug-likeness (QED) is 0.800. The van der Waals surface area contributed by atoms with E-state index in [9.17, 15) is 9.59 Å². The Morgan fingerprint density at radius 1 is 1.27 bits per heavy atom. The molecule has 1 amide bonds. The van der Waals surface area contributed by atoms with Crippen LogP contribution in [0.5, 0.6) is 0 Å². The van der Waals surface area contributed by atoms with Gasteiger partial charge in [0.15, 0.2) is 0 Å². The summed E-state index contributed by atoms with van der Waals surface area (Å²) in [6.45, 7) is 0.203. The number of hydrogen-bond donors (Lipinski definition) is 1. The second-order valence-corrected chi connectivity index (χ2v) is 4.80. The van der Waals surface area contributed by atoms with Gasteiger partial charge in [-0.15, -0.1) is 0 Å². The van der Waals surface area contributed by atoms with Gasteiger partial charge in [0.2, 0.25) is 0 Å². The van der Waals surface area contributed by atoms with Crippen molar-refractivity contribution in [3.8, 4) is 11.3 Å². The first-order chi connectivity index (χ1) is 10.6. The molecule has 22 heavy (non-hydrogen) atoms. The van der Waals surface area contributed by atoms with Crippen molar-refractivity contribution in [2.24, 2.45) is 7.05 Å². The molecule has 3 aromatic rings. The first-order valence-electron chi connectivity index (χ1n) is 6.70. The van der Waals surface area contributed by atoms with Crippen LogP contribution in [0.3, 0.4) is 0 Å². The van der Waals surface area contributed by atoms with Gasteiger partial charge in [-0.3, -0.25) is 9.59 Å². The number of furan rings is 2. The van der Waals surface area contributed by atoms with E-state index in [-0.39, 0.29) is 17.7 Å². The Balaban J connectivity index is 1.69. The number of nitrogens with one attached hydrogen (secondary N) is 1. The Morgan fingerprint density at radius 2 is 2.14 bits per heavy atom. The average molecular weight is 298 g/mol. The minimum atomic E-state index is -0.428. The zero-order valence-electron chi connectivity index (χ0n) is 11.9. The van der Waals surface area contributed by atoms with Crippen LogP contribution in [0.25, 0.3) is 11.3 Å². The van der Waals surface area contributed by atoms with Gasteiger partial charge in [-0.25, -0.2) is 0 Å². The molecule has 0 spiro atoms. The van der Waals surface area contributed by atoms with Crippen molar-refractivity contribution < 1.29 is 13.6 Å². The molecule has 6 nitrogen and oxygen atoms in total. The third kappa shape index (κ3) is 2.71. The van der Waals surface area contributed by atoms with Crippen LogP contribution in [0.4, 0.5) is 0 Å². The molecule has 1 N–H and O–H groups in total. The normalized spacial score (nSPS) is 10.6. The fourth-order valence-corrected chi connectivity index (χ4v) is 2.07. The number of carbonyl (C=O) groups is 1. The zero-order chi connectivity index (χ0) is 15.5. The molecule has 112 valence electrons. The van der Waals surface area contributed by atoms with Gasteiger partial charge < -0.3 is 18.7 Å². The van der Waals surface area contributed by atoms with E-state index in [4.69, 9.17) is 8.83 Å². The van der Waals surface area contributed by atoms with E-state index in [2.05, 4.69) is 5.32 Å². The first kappa shape index (κ1) is 13.9. The largest absolute Gasteiger partial charge is 0.472 e. The summed E-state index contributed by atoms with van der Waals surface area (Å²) in [6.07, 6.45) is 4.74. The molecule has 0 aromatic carbocycles. The predicted octanol–water partition coefficient (Wildman–Crippen LogP) is 2.17. The number of hydrogen-bond acceptors (Lipinski definition) is 4.